The molecule has 14 heteroatoms. The van der Waals surface area contributed by atoms with Crippen molar-refractivity contribution in [2.45, 2.75) is 70.7 Å². The van der Waals surface area contributed by atoms with Gasteiger partial charge in [-0.15, -0.1) is 0 Å². The number of alkyl halides is 9. The third-order valence-electron chi connectivity index (χ3n) is 7.91. The van der Waals surface area contributed by atoms with Crippen LogP contribution in [-0.2, 0) is 17.1 Å². The van der Waals surface area contributed by atoms with Crippen LogP contribution in [-0.4, -0.2) is 42.6 Å². The van der Waals surface area contributed by atoms with Gasteiger partial charge in [0.2, 0.25) is 0 Å². The van der Waals surface area contributed by atoms with Crippen molar-refractivity contribution >= 4 is 17.4 Å². The van der Waals surface area contributed by atoms with Gasteiger partial charge in [-0.1, -0.05) is 13.8 Å². The van der Waals surface area contributed by atoms with Crippen LogP contribution in [0.3, 0.4) is 0 Å². The quantitative estimate of drug-likeness (QED) is 0.234. The van der Waals surface area contributed by atoms with Crippen LogP contribution >= 0.6 is 0 Å². The number of allylic oxidation sites excluding steroid dienone is 1. The van der Waals surface area contributed by atoms with Crippen molar-refractivity contribution < 1.29 is 58.6 Å². The highest BCUT2D eigenvalue weighted by molar-refractivity contribution is 6.01. The number of benzene rings is 2. The van der Waals surface area contributed by atoms with Crippen molar-refractivity contribution in [2.24, 2.45) is 5.41 Å². The number of nitrogens with zero attached hydrogens (tertiary/aromatic N) is 1. The van der Waals surface area contributed by atoms with Crippen LogP contribution < -0.4 is 4.74 Å². The molecule has 44 heavy (non-hydrogen) atoms. The van der Waals surface area contributed by atoms with Crippen LogP contribution in [0.5, 0.6) is 5.75 Å². The van der Waals surface area contributed by atoms with E-state index in [4.69, 9.17) is 9.47 Å². The Morgan fingerprint density at radius 3 is 2.09 bits per heavy atom. The van der Waals surface area contributed by atoms with E-state index in [-0.39, 0.29) is 29.3 Å². The lowest BCUT2D eigenvalue weighted by Gasteiger charge is -2.36. The Balaban J connectivity index is 1.76. The highest BCUT2D eigenvalue weighted by Gasteiger charge is 2.45. The summed E-state index contributed by atoms with van der Waals surface area (Å²) >= 11 is 0. The van der Waals surface area contributed by atoms with E-state index in [2.05, 4.69) is 0 Å². The van der Waals surface area contributed by atoms with E-state index in [1.807, 2.05) is 13.8 Å². The lowest BCUT2D eigenvalue weighted by Crippen LogP contribution is -2.35. The predicted molar refractivity (Wildman–Crippen MR) is 140 cm³/mol. The predicted octanol–water partition coefficient (Wildman–Crippen LogP) is 9.02. The van der Waals surface area contributed by atoms with Crippen molar-refractivity contribution in [3.05, 3.63) is 69.8 Å². The number of hydrogen-bond donors (Lipinski definition) is 0. The molecule has 4 rings (SSSR count). The number of hydrogen-bond acceptors (Lipinski definition) is 4. The summed E-state index contributed by atoms with van der Waals surface area (Å²) in [6.07, 6.45) is -16.6. The van der Waals surface area contributed by atoms with Crippen molar-refractivity contribution in [1.82, 2.24) is 4.90 Å². The maximum absolute atomic E-state index is 13.5. The van der Waals surface area contributed by atoms with Crippen LogP contribution in [0.15, 0.2) is 42.0 Å². The van der Waals surface area contributed by atoms with Crippen LogP contribution in [0.2, 0.25) is 0 Å². The van der Waals surface area contributed by atoms with Crippen molar-refractivity contribution in [2.75, 3.05) is 13.7 Å². The zero-order chi connectivity index (χ0) is 33.0. The van der Waals surface area contributed by atoms with Gasteiger partial charge in [-0.25, -0.2) is 4.79 Å². The Morgan fingerprint density at radius 2 is 1.57 bits per heavy atom. The van der Waals surface area contributed by atoms with Gasteiger partial charge in [0, 0.05) is 17.7 Å². The van der Waals surface area contributed by atoms with Crippen LogP contribution in [0.1, 0.15) is 78.7 Å². The summed E-state index contributed by atoms with van der Waals surface area (Å²) in [5, 5.41) is 0. The molecule has 1 amide bonds. The Labute approximate surface area is 246 Å². The summed E-state index contributed by atoms with van der Waals surface area (Å²) in [7, 11) is 1.30. The first-order valence-electron chi connectivity index (χ1n) is 13.4. The Morgan fingerprint density at radius 1 is 0.977 bits per heavy atom. The summed E-state index contributed by atoms with van der Waals surface area (Å²) in [6.45, 7) is 5.10. The van der Waals surface area contributed by atoms with Crippen molar-refractivity contribution in [1.29, 1.82) is 0 Å². The zero-order valence-corrected chi connectivity index (χ0v) is 23.9. The summed E-state index contributed by atoms with van der Waals surface area (Å²) in [6, 6.07) is 3.26. The van der Waals surface area contributed by atoms with Crippen molar-refractivity contribution in [3.8, 4) is 5.75 Å². The summed E-state index contributed by atoms with van der Waals surface area (Å²) < 4.78 is 131. The van der Waals surface area contributed by atoms with E-state index in [9.17, 15) is 49.1 Å². The average molecular weight is 638 g/mol. The Bertz CT molecular complexity index is 1460. The first kappa shape index (κ1) is 33.2. The van der Waals surface area contributed by atoms with Gasteiger partial charge in [0.1, 0.15) is 11.9 Å². The number of Topliss-reactive ketones (excluding diaryl/α,β-unsaturated/α-hetero) is 1. The summed E-state index contributed by atoms with van der Waals surface area (Å²) in [5.74, 6) is -1.88. The topological polar surface area (TPSA) is 55.8 Å². The number of methoxy groups -OCH3 is 1. The molecule has 0 unspecified atom stereocenters. The fraction of sp³-hybridized carbons (Fsp3) is 0.467. The molecule has 0 aromatic heterocycles. The molecule has 0 radical (unpaired) electrons. The first-order valence-corrected chi connectivity index (χ1v) is 13.4. The number of carbonyl (C=O) groups is 2. The number of rotatable bonds is 6. The smallest absolute Gasteiger partial charge is 0.454 e. The summed E-state index contributed by atoms with van der Waals surface area (Å²) in [4.78, 5) is 26.2. The maximum Gasteiger partial charge on any atom is 0.454 e. The van der Waals surface area contributed by atoms with Gasteiger partial charge < -0.3 is 9.47 Å². The minimum atomic E-state index is -5.13. The third-order valence-corrected chi connectivity index (χ3v) is 7.91. The molecule has 2 aromatic carbocycles. The standard InChI is InChI=1S/C30H28F9NO4/c1-15-24(17-9-19(28(31,32)33)12-20(10-17)29(34,35)36)44-26(42)40(15)14-18-13-27(2,3)8-7-21(18)22-11-16(5-6-23(22)43-4)25(41)30(37,38)39/h5-6,9-12,15,24H,7-8,13-14H2,1-4H3/t15-,24-/m0/s1. The second-order valence-electron chi connectivity index (χ2n) is 11.7. The first-order chi connectivity index (χ1) is 20.1. The van der Waals surface area contributed by atoms with E-state index >= 15 is 0 Å². The van der Waals surface area contributed by atoms with Crippen LogP contribution in [0.4, 0.5) is 44.3 Å². The molecular weight excluding hydrogens is 609 g/mol. The molecule has 1 aliphatic carbocycles. The van der Waals surface area contributed by atoms with Crippen molar-refractivity contribution in [3.63, 3.8) is 0 Å². The number of ether oxygens (including phenoxy) is 2. The molecule has 1 heterocycles. The van der Waals surface area contributed by atoms with Gasteiger partial charge in [-0.2, -0.15) is 39.5 Å². The molecule has 2 atom stereocenters. The van der Waals surface area contributed by atoms with Crippen LogP contribution in [0.25, 0.3) is 5.57 Å². The van der Waals surface area contributed by atoms with Gasteiger partial charge >= 0.3 is 24.6 Å². The Kier molecular flexibility index (Phi) is 8.55. The third kappa shape index (κ3) is 6.83. The SMILES string of the molecule is COc1ccc(C(=O)C(F)(F)F)cc1C1=C(CN2C(=O)O[C@H](c3cc(C(F)(F)F)cc(C(F)(F)F)c3)[C@@H]2C)CC(C)(C)CC1. The lowest BCUT2D eigenvalue weighted by atomic mass is 9.72. The minimum Gasteiger partial charge on any atom is -0.496 e. The van der Waals surface area contributed by atoms with Gasteiger partial charge in [-0.05, 0) is 84.7 Å². The molecular formula is C30H28F9NO4. The molecule has 0 bridgehead atoms. The largest absolute Gasteiger partial charge is 0.496 e. The highest BCUT2D eigenvalue weighted by Crippen LogP contribution is 2.47. The molecule has 1 fully saturated rings. The highest BCUT2D eigenvalue weighted by atomic mass is 19.4. The second kappa shape index (κ2) is 11.3. The number of halogens is 9. The fourth-order valence-corrected chi connectivity index (χ4v) is 5.65. The molecule has 0 spiro atoms. The molecule has 5 nitrogen and oxygen atoms in total. The maximum atomic E-state index is 13.5. The number of cyclic esters (lactones) is 1. The molecule has 240 valence electrons. The van der Waals surface area contributed by atoms with Crippen LogP contribution in [0, 0.1) is 5.41 Å². The minimum absolute atomic E-state index is 0.0189. The zero-order valence-electron chi connectivity index (χ0n) is 23.9. The number of amides is 1. The number of ketones is 1. The molecule has 1 saturated heterocycles. The van der Waals surface area contributed by atoms with Gasteiger partial charge in [-0.3, -0.25) is 9.69 Å². The average Bonchev–Trinajstić information content (AvgIpc) is 3.18. The van der Waals surface area contributed by atoms with E-state index < -0.39 is 64.8 Å². The fourth-order valence-electron chi connectivity index (χ4n) is 5.65. The van der Waals surface area contributed by atoms with Gasteiger partial charge in [0.05, 0.1) is 24.3 Å². The second-order valence-corrected chi connectivity index (χ2v) is 11.7. The molecule has 2 aliphatic rings. The number of carbonyl (C=O) groups excluding carboxylic acids is 2. The molecule has 0 N–H and O–H groups in total. The van der Waals surface area contributed by atoms with E-state index in [0.717, 1.165) is 17.0 Å². The normalized spacial score (nSPS) is 21.0. The monoisotopic (exact) mass is 637 g/mol. The van der Waals surface area contributed by atoms with E-state index in [0.29, 0.717) is 42.5 Å². The molecule has 0 saturated carbocycles. The summed E-state index contributed by atoms with van der Waals surface area (Å²) in [5.41, 5.74) is -3.26. The van der Waals surface area contributed by atoms with Gasteiger partial charge in [0.15, 0.2) is 0 Å². The molecule has 1 aliphatic heterocycles. The Hall–Kier alpha value is -3.71. The molecule has 2 aromatic rings. The lowest BCUT2D eigenvalue weighted by molar-refractivity contribution is -0.143. The van der Waals surface area contributed by atoms with Gasteiger partial charge in [0.25, 0.3) is 5.78 Å². The van der Waals surface area contributed by atoms with E-state index in [1.54, 1.807) is 0 Å². The van der Waals surface area contributed by atoms with E-state index in [1.165, 1.54) is 20.1 Å².